The summed E-state index contributed by atoms with van der Waals surface area (Å²) in [6.07, 6.45) is -4.19. The van der Waals surface area contributed by atoms with Crippen molar-refractivity contribution in [3.8, 4) is 5.75 Å². The molecule has 1 aromatic rings. The summed E-state index contributed by atoms with van der Waals surface area (Å²) < 4.78 is 49.6. The summed E-state index contributed by atoms with van der Waals surface area (Å²) in [6.45, 7) is 3.79. The number of benzene rings is 1. The Morgan fingerprint density at radius 2 is 2.03 bits per heavy atom. The number of nitrogens with zero attached hydrogens (tertiary/aromatic N) is 2. The summed E-state index contributed by atoms with van der Waals surface area (Å²) in [5.74, 6) is 0.0482. The van der Waals surface area contributed by atoms with E-state index in [0.717, 1.165) is 12.1 Å². The van der Waals surface area contributed by atoms with E-state index in [1.165, 1.54) is 6.07 Å². The van der Waals surface area contributed by atoms with Crippen LogP contribution in [0.15, 0.2) is 18.2 Å². The molecule has 3 amide bonds. The van der Waals surface area contributed by atoms with Crippen LogP contribution in [-0.4, -0.2) is 72.8 Å². The Kier molecular flexibility index (Phi) is 5.95. The van der Waals surface area contributed by atoms with Gasteiger partial charge < -0.3 is 24.6 Å². The number of piperidine rings is 1. The van der Waals surface area contributed by atoms with Crippen molar-refractivity contribution in [3.05, 3.63) is 28.8 Å². The monoisotopic (exact) mass is 461 g/mol. The number of morpholine rings is 1. The summed E-state index contributed by atoms with van der Waals surface area (Å²) >= 11 is 5.96. The van der Waals surface area contributed by atoms with E-state index in [0.29, 0.717) is 32.6 Å². The van der Waals surface area contributed by atoms with Gasteiger partial charge in [0.25, 0.3) is 0 Å². The number of nitrogens with one attached hydrogen (secondary N) is 1. The fourth-order valence-corrected chi connectivity index (χ4v) is 4.33. The molecule has 0 aliphatic carbocycles. The third kappa shape index (κ3) is 4.69. The maximum atomic E-state index is 12.8. The van der Waals surface area contributed by atoms with Gasteiger partial charge in [-0.25, -0.2) is 4.79 Å². The molecule has 1 N–H and O–H groups in total. The van der Waals surface area contributed by atoms with Crippen LogP contribution in [0.3, 0.4) is 0 Å². The number of amides is 3. The predicted octanol–water partition coefficient (Wildman–Crippen LogP) is 2.77. The molecule has 1 aromatic carbocycles. The first kappa shape index (κ1) is 22.0. The van der Waals surface area contributed by atoms with E-state index in [9.17, 15) is 22.8 Å². The number of rotatable bonds is 3. The molecule has 0 radical (unpaired) electrons. The van der Waals surface area contributed by atoms with Gasteiger partial charge in [0.05, 0.1) is 22.7 Å². The topological polar surface area (TPSA) is 71.1 Å². The zero-order valence-corrected chi connectivity index (χ0v) is 17.6. The second-order valence-corrected chi connectivity index (χ2v) is 8.58. The highest BCUT2D eigenvalue weighted by Crippen LogP contribution is 2.36. The third-order valence-corrected chi connectivity index (χ3v) is 6.31. The van der Waals surface area contributed by atoms with Crippen molar-refractivity contribution in [1.82, 2.24) is 15.1 Å². The van der Waals surface area contributed by atoms with Crippen molar-refractivity contribution in [2.75, 3.05) is 32.8 Å². The number of hydrogen-bond acceptors (Lipinski definition) is 4. The number of carbonyl (C=O) groups excluding carboxylic acids is 2. The van der Waals surface area contributed by atoms with Gasteiger partial charge in [0.2, 0.25) is 5.91 Å². The Labute approximate surface area is 182 Å². The molecular weight excluding hydrogens is 439 g/mol. The molecule has 2 unspecified atom stereocenters. The van der Waals surface area contributed by atoms with Crippen LogP contribution in [-0.2, 0) is 15.7 Å². The summed E-state index contributed by atoms with van der Waals surface area (Å²) in [6, 6.07) is 2.70. The molecule has 3 saturated heterocycles. The van der Waals surface area contributed by atoms with E-state index in [1.54, 1.807) is 16.7 Å². The second-order valence-electron chi connectivity index (χ2n) is 8.17. The van der Waals surface area contributed by atoms with Crippen molar-refractivity contribution in [3.63, 3.8) is 0 Å². The van der Waals surface area contributed by atoms with Crippen LogP contribution in [0, 0.1) is 5.92 Å². The highest BCUT2D eigenvalue weighted by molar-refractivity contribution is 6.32. The SMILES string of the molecule is CC(Oc1ccc(C(F)(F)F)cc1Cl)C1CN(C(=O)N2CCC3OCC(=O)N[C@@H]3C2)C1. The first-order valence-electron chi connectivity index (χ1n) is 10.1. The zero-order valence-electron chi connectivity index (χ0n) is 16.8. The normalized spacial score (nSPS) is 25.4. The Bertz CT molecular complexity index is 863. The molecule has 31 heavy (non-hydrogen) atoms. The van der Waals surface area contributed by atoms with Gasteiger partial charge in [-0.05, 0) is 31.5 Å². The van der Waals surface area contributed by atoms with Crippen molar-refractivity contribution in [1.29, 1.82) is 0 Å². The summed E-state index contributed by atoms with van der Waals surface area (Å²) in [4.78, 5) is 27.7. The van der Waals surface area contributed by atoms with Crippen LogP contribution in [0.5, 0.6) is 5.75 Å². The van der Waals surface area contributed by atoms with Gasteiger partial charge >= 0.3 is 12.2 Å². The predicted molar refractivity (Wildman–Crippen MR) is 105 cm³/mol. The third-order valence-electron chi connectivity index (χ3n) is 6.01. The Morgan fingerprint density at radius 1 is 1.29 bits per heavy atom. The van der Waals surface area contributed by atoms with Crippen LogP contribution in [0.1, 0.15) is 18.9 Å². The minimum Gasteiger partial charge on any atom is -0.489 e. The summed E-state index contributed by atoms with van der Waals surface area (Å²) in [5.41, 5.74) is -0.832. The number of alkyl halides is 3. The zero-order chi connectivity index (χ0) is 22.3. The van der Waals surface area contributed by atoms with Crippen molar-refractivity contribution in [2.24, 2.45) is 5.92 Å². The van der Waals surface area contributed by atoms with Crippen molar-refractivity contribution >= 4 is 23.5 Å². The maximum absolute atomic E-state index is 12.8. The number of likely N-dealkylation sites (tertiary alicyclic amines) is 2. The van der Waals surface area contributed by atoms with Gasteiger partial charge in [-0.2, -0.15) is 13.2 Å². The Balaban J connectivity index is 1.28. The van der Waals surface area contributed by atoms with Gasteiger partial charge in [-0.3, -0.25) is 4.79 Å². The lowest BCUT2D eigenvalue weighted by atomic mass is 9.94. The van der Waals surface area contributed by atoms with Crippen LogP contribution < -0.4 is 10.1 Å². The lowest BCUT2D eigenvalue weighted by Gasteiger charge is -2.47. The smallest absolute Gasteiger partial charge is 0.416 e. The molecule has 3 fully saturated rings. The molecular formula is C20H23ClF3N3O4. The van der Waals surface area contributed by atoms with E-state index >= 15 is 0 Å². The minimum atomic E-state index is -4.47. The summed E-state index contributed by atoms with van der Waals surface area (Å²) in [5, 5.41) is 2.77. The highest BCUT2D eigenvalue weighted by Gasteiger charge is 2.41. The van der Waals surface area contributed by atoms with E-state index in [-0.39, 0.29) is 53.5 Å². The summed E-state index contributed by atoms with van der Waals surface area (Å²) in [7, 11) is 0. The van der Waals surface area contributed by atoms with Crippen molar-refractivity contribution in [2.45, 2.75) is 37.8 Å². The van der Waals surface area contributed by atoms with E-state index < -0.39 is 11.7 Å². The highest BCUT2D eigenvalue weighted by atomic mass is 35.5. The number of urea groups is 1. The fourth-order valence-electron chi connectivity index (χ4n) is 4.11. The quantitative estimate of drug-likeness (QED) is 0.751. The number of carbonyl (C=O) groups is 2. The molecule has 170 valence electrons. The molecule has 0 aromatic heterocycles. The minimum absolute atomic E-state index is 0.0394. The van der Waals surface area contributed by atoms with Gasteiger partial charge in [-0.1, -0.05) is 11.6 Å². The molecule has 11 heteroatoms. The average Bonchev–Trinajstić information content (AvgIpc) is 2.66. The van der Waals surface area contributed by atoms with Crippen LogP contribution in [0.25, 0.3) is 0 Å². The molecule has 0 bridgehead atoms. The lowest BCUT2D eigenvalue weighted by Crippen LogP contribution is -2.64. The van der Waals surface area contributed by atoms with Gasteiger partial charge in [0.15, 0.2) is 0 Å². The average molecular weight is 462 g/mol. The maximum Gasteiger partial charge on any atom is 0.416 e. The molecule has 3 aliphatic heterocycles. The van der Waals surface area contributed by atoms with Gasteiger partial charge in [0.1, 0.15) is 18.5 Å². The Morgan fingerprint density at radius 3 is 2.71 bits per heavy atom. The fraction of sp³-hybridized carbons (Fsp3) is 0.600. The second kappa shape index (κ2) is 8.38. The number of hydrogen-bond donors (Lipinski definition) is 1. The molecule has 3 heterocycles. The van der Waals surface area contributed by atoms with E-state index in [1.807, 2.05) is 0 Å². The molecule has 3 aliphatic rings. The van der Waals surface area contributed by atoms with Crippen LogP contribution in [0.4, 0.5) is 18.0 Å². The van der Waals surface area contributed by atoms with Crippen LogP contribution in [0.2, 0.25) is 5.02 Å². The molecule has 3 atom stereocenters. The van der Waals surface area contributed by atoms with E-state index in [4.69, 9.17) is 21.1 Å². The molecule has 0 spiro atoms. The van der Waals surface area contributed by atoms with Gasteiger partial charge in [-0.15, -0.1) is 0 Å². The Hall–Kier alpha value is -2.20. The van der Waals surface area contributed by atoms with Gasteiger partial charge in [0, 0.05) is 32.1 Å². The van der Waals surface area contributed by atoms with Crippen LogP contribution >= 0.6 is 11.6 Å². The number of fused-ring (bicyclic) bond motifs is 1. The number of ether oxygens (including phenoxy) is 2. The lowest BCUT2D eigenvalue weighted by molar-refractivity contribution is -0.140. The first-order valence-corrected chi connectivity index (χ1v) is 10.5. The molecule has 0 saturated carbocycles. The standard InChI is InChI=1S/C20H23ClF3N3O4/c1-11(31-16-3-2-13(6-14(16)21)20(22,23)24)12-7-27(8-12)19(29)26-5-4-17-15(9-26)25-18(28)10-30-17/h2-3,6,11-12,15,17H,4-5,7-10H2,1H3,(H,25,28)/t11?,15-,17?/m1/s1. The van der Waals surface area contributed by atoms with Crippen molar-refractivity contribution < 1.29 is 32.2 Å². The first-order chi connectivity index (χ1) is 14.6. The molecule has 7 nitrogen and oxygen atoms in total. The molecule has 4 rings (SSSR count). The largest absolute Gasteiger partial charge is 0.489 e. The number of halogens is 4. The van der Waals surface area contributed by atoms with E-state index in [2.05, 4.69) is 5.32 Å².